The van der Waals surface area contributed by atoms with Crippen molar-refractivity contribution in [3.05, 3.63) is 24.2 Å². The largest absolute Gasteiger partial charge is 0.468 e. The highest BCUT2D eigenvalue weighted by Gasteiger charge is 2.33. The molecule has 17 heavy (non-hydrogen) atoms. The van der Waals surface area contributed by atoms with Gasteiger partial charge in [-0.3, -0.25) is 4.90 Å². The van der Waals surface area contributed by atoms with Crippen LogP contribution in [0.25, 0.3) is 0 Å². The van der Waals surface area contributed by atoms with Crippen LogP contribution < -0.4 is 5.73 Å². The topological polar surface area (TPSA) is 42.4 Å². The Morgan fingerprint density at radius 1 is 1.41 bits per heavy atom. The van der Waals surface area contributed by atoms with E-state index in [1.54, 1.807) is 6.26 Å². The number of hydrogen-bond donors (Lipinski definition) is 1. The summed E-state index contributed by atoms with van der Waals surface area (Å²) >= 11 is 0. The van der Waals surface area contributed by atoms with Crippen LogP contribution in [-0.4, -0.2) is 23.5 Å². The standard InChI is InChI=1S/C14H24N2O/c1-10(2)16(9-12-6-7-12)14(11(3)15)13-5-4-8-17-13/h4-5,8,10-12,14H,6-7,9,15H2,1-3H3. The number of furan rings is 1. The van der Waals surface area contributed by atoms with E-state index in [1.165, 1.54) is 12.8 Å². The Morgan fingerprint density at radius 3 is 2.53 bits per heavy atom. The molecule has 2 atom stereocenters. The normalized spacial score (nSPS) is 19.9. The zero-order chi connectivity index (χ0) is 12.4. The average Bonchev–Trinajstić information content (AvgIpc) is 2.90. The number of hydrogen-bond acceptors (Lipinski definition) is 3. The predicted molar refractivity (Wildman–Crippen MR) is 69.7 cm³/mol. The van der Waals surface area contributed by atoms with Crippen molar-refractivity contribution in [2.24, 2.45) is 11.7 Å². The van der Waals surface area contributed by atoms with Crippen LogP contribution in [0.15, 0.2) is 22.8 Å². The molecule has 2 unspecified atom stereocenters. The molecule has 1 saturated carbocycles. The second-order valence-corrected chi connectivity index (χ2v) is 5.55. The molecule has 0 amide bonds. The fourth-order valence-electron chi connectivity index (χ4n) is 2.43. The number of rotatable bonds is 6. The van der Waals surface area contributed by atoms with Crippen LogP contribution in [-0.2, 0) is 0 Å². The molecule has 2 N–H and O–H groups in total. The molecule has 1 aliphatic rings. The van der Waals surface area contributed by atoms with Crippen molar-refractivity contribution in [1.29, 1.82) is 0 Å². The summed E-state index contributed by atoms with van der Waals surface area (Å²) in [5.74, 6) is 1.86. The van der Waals surface area contributed by atoms with Gasteiger partial charge in [-0.15, -0.1) is 0 Å². The number of nitrogens with zero attached hydrogens (tertiary/aromatic N) is 1. The molecule has 0 aromatic carbocycles. The molecule has 1 heterocycles. The zero-order valence-corrected chi connectivity index (χ0v) is 11.1. The van der Waals surface area contributed by atoms with E-state index < -0.39 is 0 Å². The summed E-state index contributed by atoms with van der Waals surface area (Å²) in [5, 5.41) is 0. The van der Waals surface area contributed by atoms with Crippen LogP contribution in [0, 0.1) is 5.92 Å². The summed E-state index contributed by atoms with van der Waals surface area (Å²) in [6.45, 7) is 7.68. The van der Waals surface area contributed by atoms with E-state index in [4.69, 9.17) is 10.2 Å². The lowest BCUT2D eigenvalue weighted by Gasteiger charge is -2.36. The summed E-state index contributed by atoms with van der Waals surface area (Å²) in [4.78, 5) is 2.49. The van der Waals surface area contributed by atoms with E-state index in [2.05, 4.69) is 25.7 Å². The highest BCUT2D eigenvalue weighted by atomic mass is 16.3. The molecule has 0 radical (unpaired) electrons. The van der Waals surface area contributed by atoms with Crippen LogP contribution in [0.5, 0.6) is 0 Å². The third kappa shape index (κ3) is 3.11. The van der Waals surface area contributed by atoms with Crippen molar-refractivity contribution >= 4 is 0 Å². The Labute approximate surface area is 104 Å². The van der Waals surface area contributed by atoms with Crippen molar-refractivity contribution in [2.45, 2.75) is 51.7 Å². The third-order valence-corrected chi connectivity index (χ3v) is 3.52. The smallest absolute Gasteiger partial charge is 0.122 e. The molecule has 1 aromatic rings. The molecule has 0 spiro atoms. The second-order valence-electron chi connectivity index (χ2n) is 5.55. The predicted octanol–water partition coefficient (Wildman–Crippen LogP) is 2.79. The molecule has 1 aromatic heterocycles. The monoisotopic (exact) mass is 236 g/mol. The van der Waals surface area contributed by atoms with Crippen molar-refractivity contribution in [3.8, 4) is 0 Å². The minimum absolute atomic E-state index is 0.0855. The van der Waals surface area contributed by atoms with Gasteiger partial charge < -0.3 is 10.2 Å². The lowest BCUT2D eigenvalue weighted by atomic mass is 10.0. The van der Waals surface area contributed by atoms with Crippen LogP contribution in [0.2, 0.25) is 0 Å². The molecule has 0 aliphatic heterocycles. The van der Waals surface area contributed by atoms with E-state index in [-0.39, 0.29) is 12.1 Å². The maximum atomic E-state index is 6.16. The van der Waals surface area contributed by atoms with Gasteiger partial charge in [0.1, 0.15) is 5.76 Å². The van der Waals surface area contributed by atoms with E-state index >= 15 is 0 Å². The summed E-state index contributed by atoms with van der Waals surface area (Å²) in [5.41, 5.74) is 6.16. The average molecular weight is 236 g/mol. The molecule has 1 aliphatic carbocycles. The zero-order valence-electron chi connectivity index (χ0n) is 11.1. The van der Waals surface area contributed by atoms with Gasteiger partial charge in [-0.25, -0.2) is 0 Å². The SMILES string of the molecule is CC(N)C(c1ccco1)N(CC1CC1)C(C)C. The van der Waals surface area contributed by atoms with E-state index in [0.29, 0.717) is 6.04 Å². The molecule has 96 valence electrons. The summed E-state index contributed by atoms with van der Waals surface area (Å²) in [6, 6.07) is 4.76. The Balaban J connectivity index is 2.16. The highest BCUT2D eigenvalue weighted by Crippen LogP contribution is 2.34. The van der Waals surface area contributed by atoms with Gasteiger partial charge in [0.2, 0.25) is 0 Å². The Morgan fingerprint density at radius 2 is 2.12 bits per heavy atom. The Bertz CT molecular complexity index is 328. The van der Waals surface area contributed by atoms with Gasteiger partial charge in [0.25, 0.3) is 0 Å². The quantitative estimate of drug-likeness (QED) is 0.826. The van der Waals surface area contributed by atoms with Gasteiger partial charge in [-0.05, 0) is 51.7 Å². The maximum Gasteiger partial charge on any atom is 0.122 e. The van der Waals surface area contributed by atoms with Crippen molar-refractivity contribution in [2.75, 3.05) is 6.54 Å². The van der Waals surface area contributed by atoms with Gasteiger partial charge in [0.15, 0.2) is 0 Å². The van der Waals surface area contributed by atoms with Gasteiger partial charge in [-0.2, -0.15) is 0 Å². The van der Waals surface area contributed by atoms with E-state index in [1.807, 2.05) is 12.1 Å². The first-order valence-corrected chi connectivity index (χ1v) is 6.64. The fraction of sp³-hybridized carbons (Fsp3) is 0.714. The summed E-state index contributed by atoms with van der Waals surface area (Å²) < 4.78 is 5.57. The second kappa shape index (κ2) is 5.23. The van der Waals surface area contributed by atoms with E-state index in [0.717, 1.165) is 18.2 Å². The van der Waals surface area contributed by atoms with Crippen molar-refractivity contribution in [3.63, 3.8) is 0 Å². The molecule has 3 nitrogen and oxygen atoms in total. The summed E-state index contributed by atoms with van der Waals surface area (Å²) in [6.07, 6.45) is 4.47. The maximum absolute atomic E-state index is 6.16. The van der Waals surface area contributed by atoms with Gasteiger partial charge in [0.05, 0.1) is 12.3 Å². The molecule has 0 bridgehead atoms. The number of nitrogens with two attached hydrogens (primary N) is 1. The molecular weight excluding hydrogens is 212 g/mol. The van der Waals surface area contributed by atoms with Crippen LogP contribution in [0.1, 0.15) is 45.4 Å². The van der Waals surface area contributed by atoms with Crippen molar-refractivity contribution in [1.82, 2.24) is 4.90 Å². The summed E-state index contributed by atoms with van der Waals surface area (Å²) in [7, 11) is 0. The van der Waals surface area contributed by atoms with Crippen molar-refractivity contribution < 1.29 is 4.42 Å². The molecular formula is C14H24N2O. The fourth-order valence-corrected chi connectivity index (χ4v) is 2.43. The minimum Gasteiger partial charge on any atom is -0.468 e. The first-order valence-electron chi connectivity index (χ1n) is 6.64. The van der Waals surface area contributed by atoms with Crippen LogP contribution in [0.3, 0.4) is 0 Å². The Hall–Kier alpha value is -0.800. The van der Waals surface area contributed by atoms with Crippen LogP contribution >= 0.6 is 0 Å². The lowest BCUT2D eigenvalue weighted by molar-refractivity contribution is 0.112. The molecule has 2 rings (SSSR count). The minimum atomic E-state index is 0.0855. The molecule has 0 saturated heterocycles. The molecule has 3 heteroatoms. The molecule has 1 fully saturated rings. The van der Waals surface area contributed by atoms with Gasteiger partial charge in [-0.1, -0.05) is 0 Å². The van der Waals surface area contributed by atoms with E-state index in [9.17, 15) is 0 Å². The third-order valence-electron chi connectivity index (χ3n) is 3.52. The van der Waals surface area contributed by atoms with Gasteiger partial charge in [0, 0.05) is 18.6 Å². The first-order chi connectivity index (χ1) is 8.09. The Kier molecular flexibility index (Phi) is 3.89. The van der Waals surface area contributed by atoms with Crippen LogP contribution in [0.4, 0.5) is 0 Å². The van der Waals surface area contributed by atoms with Gasteiger partial charge >= 0.3 is 0 Å². The lowest BCUT2D eigenvalue weighted by Crippen LogP contribution is -2.44. The highest BCUT2D eigenvalue weighted by molar-refractivity contribution is 5.08. The first kappa shape index (κ1) is 12.7.